The van der Waals surface area contributed by atoms with Crippen molar-refractivity contribution in [2.45, 2.75) is 18.9 Å². The van der Waals surface area contributed by atoms with E-state index in [0.29, 0.717) is 32.7 Å². The summed E-state index contributed by atoms with van der Waals surface area (Å²) in [6, 6.07) is 9.52. The van der Waals surface area contributed by atoms with Gasteiger partial charge in [0, 0.05) is 32.5 Å². The van der Waals surface area contributed by atoms with Crippen LogP contribution in [0.3, 0.4) is 0 Å². The molecule has 8 nitrogen and oxygen atoms in total. The summed E-state index contributed by atoms with van der Waals surface area (Å²) in [5, 5.41) is 7.39. The first-order valence-corrected chi connectivity index (χ1v) is 8.70. The van der Waals surface area contributed by atoms with Crippen LogP contribution < -0.4 is 5.32 Å². The molecule has 136 valence electrons. The van der Waals surface area contributed by atoms with Gasteiger partial charge < -0.3 is 15.0 Å². The van der Waals surface area contributed by atoms with Gasteiger partial charge in [-0.2, -0.15) is 0 Å². The maximum Gasteiger partial charge on any atom is 0.293 e. The minimum absolute atomic E-state index is 0.0836. The first-order valence-electron chi connectivity index (χ1n) is 8.70. The molecule has 1 N–H and O–H groups in total. The lowest BCUT2D eigenvalue weighted by Gasteiger charge is -2.38. The fourth-order valence-corrected chi connectivity index (χ4v) is 3.87. The van der Waals surface area contributed by atoms with E-state index in [9.17, 15) is 9.59 Å². The number of aromatic nitrogens is 3. The molecule has 1 aromatic heterocycles. The van der Waals surface area contributed by atoms with E-state index in [4.69, 9.17) is 4.74 Å². The number of likely N-dealkylation sites (tertiary alicyclic amines) is 1. The third kappa shape index (κ3) is 2.96. The van der Waals surface area contributed by atoms with Crippen LogP contribution in [0.4, 0.5) is 0 Å². The zero-order valence-electron chi connectivity index (χ0n) is 14.6. The first kappa shape index (κ1) is 16.7. The van der Waals surface area contributed by atoms with Gasteiger partial charge in [0.2, 0.25) is 11.7 Å². The molecule has 2 aliphatic heterocycles. The standard InChI is InChI=1S/C18H21N5O3/c1-13(24)20-18-7-8-26-10-14(18)9-22(11-18)17(25)16-19-12-23(21-16)15-5-3-2-4-6-15/h2-6,12,14H,7-11H2,1H3,(H,20,24)/t14-,18+/m0/s1. The molecule has 2 saturated heterocycles. The highest BCUT2D eigenvalue weighted by Crippen LogP contribution is 2.34. The highest BCUT2D eigenvalue weighted by Gasteiger charge is 2.50. The molecule has 0 radical (unpaired) electrons. The van der Waals surface area contributed by atoms with Crippen molar-refractivity contribution in [1.82, 2.24) is 25.0 Å². The number of rotatable bonds is 3. The summed E-state index contributed by atoms with van der Waals surface area (Å²) in [5.41, 5.74) is 0.430. The zero-order chi connectivity index (χ0) is 18.1. The molecule has 2 amide bonds. The highest BCUT2D eigenvalue weighted by molar-refractivity contribution is 5.91. The maximum absolute atomic E-state index is 12.9. The molecule has 0 aliphatic carbocycles. The largest absolute Gasteiger partial charge is 0.381 e. The molecular formula is C18H21N5O3. The van der Waals surface area contributed by atoms with E-state index in [1.165, 1.54) is 6.92 Å². The maximum atomic E-state index is 12.9. The van der Waals surface area contributed by atoms with Gasteiger partial charge in [-0.1, -0.05) is 18.2 Å². The second-order valence-corrected chi connectivity index (χ2v) is 6.89. The van der Waals surface area contributed by atoms with Crippen LogP contribution in [0, 0.1) is 5.92 Å². The number of carbonyl (C=O) groups is 2. The fraction of sp³-hybridized carbons (Fsp3) is 0.444. The molecule has 3 heterocycles. The summed E-state index contributed by atoms with van der Waals surface area (Å²) in [6.45, 7) is 3.61. The van der Waals surface area contributed by atoms with E-state index in [1.807, 2.05) is 30.3 Å². The van der Waals surface area contributed by atoms with Gasteiger partial charge in [-0.25, -0.2) is 9.67 Å². The van der Waals surface area contributed by atoms with Crippen LogP contribution in [0.5, 0.6) is 0 Å². The van der Waals surface area contributed by atoms with Crippen molar-refractivity contribution < 1.29 is 14.3 Å². The van der Waals surface area contributed by atoms with Gasteiger partial charge >= 0.3 is 0 Å². The Morgan fingerprint density at radius 2 is 2.12 bits per heavy atom. The van der Waals surface area contributed by atoms with E-state index >= 15 is 0 Å². The van der Waals surface area contributed by atoms with Crippen LogP contribution in [0.1, 0.15) is 24.0 Å². The molecule has 26 heavy (non-hydrogen) atoms. The molecule has 0 saturated carbocycles. The molecule has 2 fully saturated rings. The number of amides is 2. The molecule has 4 rings (SSSR count). The van der Waals surface area contributed by atoms with Crippen molar-refractivity contribution in [2.24, 2.45) is 5.92 Å². The third-order valence-electron chi connectivity index (χ3n) is 5.12. The lowest BCUT2D eigenvalue weighted by Crippen LogP contribution is -2.57. The van der Waals surface area contributed by atoms with Gasteiger partial charge in [-0.3, -0.25) is 9.59 Å². The molecule has 0 spiro atoms. The lowest BCUT2D eigenvalue weighted by atomic mass is 9.83. The normalized spacial score (nSPS) is 25.0. The van der Waals surface area contributed by atoms with Crippen molar-refractivity contribution in [1.29, 1.82) is 0 Å². The second-order valence-electron chi connectivity index (χ2n) is 6.89. The Kier molecular flexibility index (Phi) is 4.20. The highest BCUT2D eigenvalue weighted by atomic mass is 16.5. The number of nitrogens with one attached hydrogen (secondary N) is 1. The Labute approximate surface area is 151 Å². The average Bonchev–Trinajstić information content (AvgIpc) is 3.26. The summed E-state index contributed by atoms with van der Waals surface area (Å²) in [6.07, 6.45) is 2.24. The zero-order valence-corrected chi connectivity index (χ0v) is 14.6. The monoisotopic (exact) mass is 355 g/mol. The molecule has 2 atom stereocenters. The van der Waals surface area contributed by atoms with E-state index < -0.39 is 5.54 Å². The molecule has 2 aromatic rings. The Hall–Kier alpha value is -2.74. The Bertz CT molecular complexity index is 821. The van der Waals surface area contributed by atoms with Crippen LogP contribution in [-0.4, -0.2) is 63.3 Å². The van der Waals surface area contributed by atoms with Gasteiger partial charge in [-0.05, 0) is 18.6 Å². The van der Waals surface area contributed by atoms with Gasteiger partial charge in [0.05, 0.1) is 17.8 Å². The number of carbonyl (C=O) groups excluding carboxylic acids is 2. The Morgan fingerprint density at radius 3 is 2.88 bits per heavy atom. The van der Waals surface area contributed by atoms with Gasteiger partial charge in [0.1, 0.15) is 6.33 Å². The molecule has 0 bridgehead atoms. The molecule has 1 aromatic carbocycles. The lowest BCUT2D eigenvalue weighted by molar-refractivity contribution is -0.122. The van der Waals surface area contributed by atoms with Crippen molar-refractivity contribution in [3.05, 3.63) is 42.5 Å². The first-order chi connectivity index (χ1) is 12.6. The quantitative estimate of drug-likeness (QED) is 0.872. The number of benzene rings is 1. The Balaban J connectivity index is 1.54. The summed E-state index contributed by atoms with van der Waals surface area (Å²) < 4.78 is 7.15. The summed E-state index contributed by atoms with van der Waals surface area (Å²) in [7, 11) is 0. The number of fused-ring (bicyclic) bond motifs is 1. The molecule has 2 aliphatic rings. The Morgan fingerprint density at radius 1 is 1.31 bits per heavy atom. The summed E-state index contributed by atoms with van der Waals surface area (Å²) in [5.74, 6) is -0.0665. The van der Waals surface area contributed by atoms with Crippen LogP contribution >= 0.6 is 0 Å². The minimum atomic E-state index is -0.415. The van der Waals surface area contributed by atoms with Crippen molar-refractivity contribution in [2.75, 3.05) is 26.3 Å². The number of para-hydroxylation sites is 1. The van der Waals surface area contributed by atoms with Crippen molar-refractivity contribution in [3.8, 4) is 5.69 Å². The van der Waals surface area contributed by atoms with Crippen molar-refractivity contribution in [3.63, 3.8) is 0 Å². The number of hydrogen-bond acceptors (Lipinski definition) is 5. The number of ether oxygens (including phenoxy) is 1. The van der Waals surface area contributed by atoms with Gasteiger partial charge in [-0.15, -0.1) is 5.10 Å². The SMILES string of the molecule is CC(=O)N[C@@]12CCOC[C@@H]1CN(C(=O)c1ncn(-c3ccccc3)n1)C2. The number of nitrogens with zero attached hydrogens (tertiary/aromatic N) is 4. The predicted molar refractivity (Wildman–Crippen MR) is 92.7 cm³/mol. The van der Waals surface area contributed by atoms with Crippen molar-refractivity contribution >= 4 is 11.8 Å². The molecule has 8 heteroatoms. The van der Waals surface area contributed by atoms with Crippen LogP contribution in [0.2, 0.25) is 0 Å². The van der Waals surface area contributed by atoms with Crippen LogP contribution in [0.25, 0.3) is 5.69 Å². The van der Waals surface area contributed by atoms with E-state index in [2.05, 4.69) is 15.4 Å². The predicted octanol–water partition coefficient (Wildman–Crippen LogP) is 0.635. The van der Waals surface area contributed by atoms with Gasteiger partial charge in [0.25, 0.3) is 5.91 Å². The summed E-state index contributed by atoms with van der Waals surface area (Å²) in [4.78, 5) is 30.5. The minimum Gasteiger partial charge on any atom is -0.381 e. The van der Waals surface area contributed by atoms with E-state index in [-0.39, 0.29) is 23.6 Å². The smallest absolute Gasteiger partial charge is 0.293 e. The van der Waals surface area contributed by atoms with Gasteiger partial charge in [0.15, 0.2) is 0 Å². The molecule has 0 unspecified atom stereocenters. The van der Waals surface area contributed by atoms with E-state index in [1.54, 1.807) is 15.9 Å². The summed E-state index contributed by atoms with van der Waals surface area (Å²) >= 11 is 0. The third-order valence-corrected chi connectivity index (χ3v) is 5.12. The number of hydrogen-bond donors (Lipinski definition) is 1. The topological polar surface area (TPSA) is 89.4 Å². The van der Waals surface area contributed by atoms with Crippen LogP contribution in [0.15, 0.2) is 36.7 Å². The van der Waals surface area contributed by atoms with Crippen LogP contribution in [-0.2, 0) is 9.53 Å². The fourth-order valence-electron chi connectivity index (χ4n) is 3.87. The van der Waals surface area contributed by atoms with E-state index in [0.717, 1.165) is 5.69 Å². The molecular weight excluding hydrogens is 334 g/mol. The average molecular weight is 355 g/mol. The second kappa shape index (κ2) is 6.53.